The average molecular weight is 779 g/mol. The van der Waals surface area contributed by atoms with E-state index in [4.69, 9.17) is 13.6 Å². The molecule has 0 amide bonds. The second-order valence-corrected chi connectivity index (χ2v) is 20.8. The maximum Gasteiger partial charge on any atom is 0.463 e. The molecule has 0 unspecified atom stereocenters. The third-order valence-electron chi connectivity index (χ3n) is 13.8. The predicted octanol–water partition coefficient (Wildman–Crippen LogP) is 17.3. The smallest absolute Gasteiger partial charge is 0.417 e. The minimum absolute atomic E-state index is 0.0533. The lowest BCUT2D eigenvalue weighted by Gasteiger charge is -2.36. The Balaban J connectivity index is 1.80. The van der Waals surface area contributed by atoms with Gasteiger partial charge in [-0.1, -0.05) is 211 Å². The summed E-state index contributed by atoms with van der Waals surface area (Å²) in [6, 6.07) is 9.79. The van der Waals surface area contributed by atoms with Crippen molar-refractivity contribution in [3.8, 4) is 11.5 Å². The van der Waals surface area contributed by atoms with Gasteiger partial charge in [0.15, 0.2) is 0 Å². The van der Waals surface area contributed by atoms with E-state index in [1.807, 2.05) is 0 Å². The second kappa shape index (κ2) is 22.5. The molecule has 0 aromatic heterocycles. The largest absolute Gasteiger partial charge is 0.463 e. The van der Waals surface area contributed by atoms with E-state index in [1.54, 1.807) is 0 Å². The van der Waals surface area contributed by atoms with Gasteiger partial charge >= 0.3 is 8.60 Å². The molecule has 0 saturated heterocycles. The lowest BCUT2D eigenvalue weighted by atomic mass is 9.73. The number of fused-ring (bicyclic) bond motifs is 2. The van der Waals surface area contributed by atoms with Crippen LogP contribution in [0.4, 0.5) is 0 Å². The van der Waals surface area contributed by atoms with E-state index in [9.17, 15) is 0 Å². The van der Waals surface area contributed by atoms with Gasteiger partial charge in [0.2, 0.25) is 0 Å². The molecule has 2 aromatic carbocycles. The molecule has 0 saturated carbocycles. The van der Waals surface area contributed by atoms with Crippen LogP contribution >= 0.6 is 8.60 Å². The van der Waals surface area contributed by atoms with Crippen molar-refractivity contribution in [1.82, 2.24) is 0 Å². The van der Waals surface area contributed by atoms with Crippen molar-refractivity contribution in [2.45, 2.75) is 247 Å². The van der Waals surface area contributed by atoms with Crippen LogP contribution in [0.25, 0.3) is 0 Å². The number of hydrogen-bond donors (Lipinski definition) is 0. The van der Waals surface area contributed by atoms with E-state index in [0.29, 0.717) is 6.61 Å². The van der Waals surface area contributed by atoms with Crippen LogP contribution in [0.5, 0.6) is 11.5 Å². The molecule has 314 valence electrons. The molecule has 1 aliphatic heterocycles. The van der Waals surface area contributed by atoms with Gasteiger partial charge in [-0.05, 0) is 76.0 Å². The number of rotatable bonds is 26. The zero-order valence-corrected chi connectivity index (χ0v) is 39.4. The van der Waals surface area contributed by atoms with Gasteiger partial charge < -0.3 is 9.05 Å². The normalized spacial score (nSPS) is 14.2. The molecule has 0 atom stereocenters. The summed E-state index contributed by atoms with van der Waals surface area (Å²) in [4.78, 5) is 0. The summed E-state index contributed by atoms with van der Waals surface area (Å²) in [7, 11) is -1.65. The Morgan fingerprint density at radius 1 is 0.455 bits per heavy atom. The Morgan fingerprint density at radius 2 is 0.782 bits per heavy atom. The standard InChI is InChI=1S/C51H87O3P/c1-14-19-20-21-22-23-24-25-26-27-28-29-30-31-32-33-34-52-55-53-46-40(36-42(48(6,7)15-2)38-44(46)50(10,11)17-4)35-41-37-43(49(8,9)16-3)39-45(47(41)54-55)51(12,13)18-5/h36-39H,14-35H2,1-13H3. The van der Waals surface area contributed by atoms with Crippen LogP contribution in [0.3, 0.4) is 0 Å². The SMILES string of the molecule is CCCCCCCCCCCCCCCCCCOP1Oc2c(cc(C(C)(C)CC)cc2C(C)(C)CC)Cc2cc(C(C)(C)CC)cc(C(C)(C)CC)c2O1. The summed E-state index contributed by atoms with van der Waals surface area (Å²) in [5.41, 5.74) is 7.92. The van der Waals surface area contributed by atoms with Crippen LogP contribution in [-0.2, 0) is 32.6 Å². The molecule has 0 fully saturated rings. The quantitative estimate of drug-likeness (QED) is 0.0703. The zero-order valence-electron chi connectivity index (χ0n) is 38.5. The van der Waals surface area contributed by atoms with Crippen LogP contribution in [0.1, 0.15) is 252 Å². The third kappa shape index (κ3) is 14.0. The fourth-order valence-corrected chi connectivity index (χ4v) is 8.80. The second-order valence-electron chi connectivity index (χ2n) is 19.7. The van der Waals surface area contributed by atoms with Crippen LogP contribution in [0, 0.1) is 0 Å². The molecule has 3 nitrogen and oxygen atoms in total. The fourth-order valence-electron chi connectivity index (χ4n) is 7.65. The van der Waals surface area contributed by atoms with Crippen molar-refractivity contribution < 1.29 is 13.6 Å². The summed E-state index contributed by atoms with van der Waals surface area (Å²) in [6.07, 6.45) is 26.8. The van der Waals surface area contributed by atoms with Crippen molar-refractivity contribution in [2.75, 3.05) is 6.61 Å². The lowest BCUT2D eigenvalue weighted by Crippen LogP contribution is -2.24. The highest BCUT2D eigenvalue weighted by molar-refractivity contribution is 7.42. The van der Waals surface area contributed by atoms with Gasteiger partial charge in [-0.2, -0.15) is 0 Å². The van der Waals surface area contributed by atoms with Crippen LogP contribution in [-0.4, -0.2) is 6.61 Å². The number of hydrogen-bond acceptors (Lipinski definition) is 3. The molecule has 0 radical (unpaired) electrons. The van der Waals surface area contributed by atoms with E-state index < -0.39 is 8.60 Å². The minimum atomic E-state index is -1.65. The number of unbranched alkanes of at least 4 members (excludes halogenated alkanes) is 15. The highest BCUT2D eigenvalue weighted by Gasteiger charge is 2.36. The molecule has 0 aliphatic carbocycles. The van der Waals surface area contributed by atoms with E-state index >= 15 is 0 Å². The van der Waals surface area contributed by atoms with E-state index in [-0.39, 0.29) is 21.7 Å². The van der Waals surface area contributed by atoms with Gasteiger partial charge in [0.1, 0.15) is 11.5 Å². The van der Waals surface area contributed by atoms with Gasteiger partial charge in [-0.25, -0.2) is 0 Å². The van der Waals surface area contributed by atoms with Crippen molar-refractivity contribution >= 4 is 8.60 Å². The first-order valence-electron chi connectivity index (χ1n) is 23.2. The lowest BCUT2D eigenvalue weighted by molar-refractivity contribution is 0.252. The Labute approximate surface area is 343 Å². The van der Waals surface area contributed by atoms with Gasteiger partial charge in [0.25, 0.3) is 0 Å². The summed E-state index contributed by atoms with van der Waals surface area (Å²) < 4.78 is 20.9. The molecule has 1 aliphatic rings. The predicted molar refractivity (Wildman–Crippen MR) is 243 cm³/mol. The molecule has 2 aromatic rings. The number of benzene rings is 2. The maximum absolute atomic E-state index is 7.08. The molecule has 1 heterocycles. The van der Waals surface area contributed by atoms with Gasteiger partial charge in [0.05, 0.1) is 6.61 Å². The molecule has 3 rings (SSSR count). The molecule has 0 bridgehead atoms. The fraction of sp³-hybridized carbons (Fsp3) is 0.765. The van der Waals surface area contributed by atoms with Crippen molar-refractivity contribution in [3.05, 3.63) is 57.6 Å². The zero-order chi connectivity index (χ0) is 40.7. The highest BCUT2D eigenvalue weighted by Crippen LogP contribution is 2.54. The van der Waals surface area contributed by atoms with Gasteiger partial charge in [-0.3, -0.25) is 4.52 Å². The first kappa shape index (κ1) is 47.8. The molecule has 0 N–H and O–H groups in total. The Bertz CT molecular complexity index is 1330. The Kier molecular flexibility index (Phi) is 19.6. The average Bonchev–Trinajstić information content (AvgIpc) is 3.15. The van der Waals surface area contributed by atoms with Crippen molar-refractivity contribution in [3.63, 3.8) is 0 Å². The molecular formula is C51H87O3P. The summed E-state index contributed by atoms with van der Waals surface area (Å²) in [6.45, 7) is 31.2. The van der Waals surface area contributed by atoms with Gasteiger partial charge in [-0.15, -0.1) is 0 Å². The minimum Gasteiger partial charge on any atom is -0.417 e. The van der Waals surface area contributed by atoms with Crippen LogP contribution in [0.15, 0.2) is 24.3 Å². The Morgan fingerprint density at radius 3 is 1.11 bits per heavy atom. The van der Waals surface area contributed by atoms with E-state index in [0.717, 1.165) is 50.0 Å². The molecular weight excluding hydrogens is 692 g/mol. The molecule has 0 spiro atoms. The molecule has 55 heavy (non-hydrogen) atoms. The first-order chi connectivity index (χ1) is 26.1. The van der Waals surface area contributed by atoms with Crippen LogP contribution < -0.4 is 9.05 Å². The van der Waals surface area contributed by atoms with E-state index in [1.165, 1.54) is 130 Å². The summed E-state index contributed by atoms with van der Waals surface area (Å²) in [5.74, 6) is 1.98. The van der Waals surface area contributed by atoms with Gasteiger partial charge in [0, 0.05) is 17.5 Å². The highest BCUT2D eigenvalue weighted by atomic mass is 31.2. The Hall–Kier alpha value is -1.57. The van der Waals surface area contributed by atoms with Crippen molar-refractivity contribution in [2.24, 2.45) is 0 Å². The maximum atomic E-state index is 7.08. The topological polar surface area (TPSA) is 27.7 Å². The molecule has 4 heteroatoms. The van der Waals surface area contributed by atoms with Crippen molar-refractivity contribution in [1.29, 1.82) is 0 Å². The summed E-state index contributed by atoms with van der Waals surface area (Å²) >= 11 is 0. The first-order valence-corrected chi connectivity index (χ1v) is 24.3. The van der Waals surface area contributed by atoms with Crippen LogP contribution in [0.2, 0.25) is 0 Å². The summed E-state index contributed by atoms with van der Waals surface area (Å²) in [5, 5.41) is 0. The third-order valence-corrected chi connectivity index (χ3v) is 14.9. The van der Waals surface area contributed by atoms with E-state index in [2.05, 4.69) is 114 Å². The monoisotopic (exact) mass is 779 g/mol.